The lowest BCUT2D eigenvalue weighted by molar-refractivity contribution is -0.134. The first kappa shape index (κ1) is 22.8. The first-order chi connectivity index (χ1) is 15.2. The van der Waals surface area contributed by atoms with Gasteiger partial charge in [-0.1, -0.05) is 71.5 Å². The third kappa shape index (κ3) is 4.73. The lowest BCUT2D eigenvalue weighted by Gasteiger charge is -2.22. The minimum atomic E-state index is -0.833. The summed E-state index contributed by atoms with van der Waals surface area (Å²) in [5.41, 5.74) is 2.30. The van der Waals surface area contributed by atoms with Crippen LogP contribution in [0.4, 0.5) is 5.13 Å². The van der Waals surface area contributed by atoms with Gasteiger partial charge in [0.25, 0.3) is 11.8 Å². The van der Waals surface area contributed by atoms with Gasteiger partial charge in [0, 0.05) is 12.5 Å². The van der Waals surface area contributed by atoms with Gasteiger partial charge in [0.1, 0.15) is 10.8 Å². The Labute approximate surface area is 188 Å². The van der Waals surface area contributed by atoms with Gasteiger partial charge in [-0.15, -0.1) is 10.2 Å². The highest BCUT2D eigenvalue weighted by Crippen LogP contribution is 2.42. The molecule has 0 spiro atoms. The lowest BCUT2D eigenvalue weighted by Crippen LogP contribution is -2.29. The molecule has 1 atom stereocenters. The number of rotatable bonds is 3. The predicted octanol–water partition coefficient (Wildman–Crippen LogP) is 3.87. The van der Waals surface area contributed by atoms with Gasteiger partial charge in [-0.25, -0.2) is 0 Å². The Morgan fingerprint density at radius 2 is 1.56 bits per heavy atom. The number of aliphatic hydroxyl groups excluding tert-OH is 1. The van der Waals surface area contributed by atoms with E-state index in [2.05, 4.69) is 10.2 Å². The van der Waals surface area contributed by atoms with Crippen LogP contribution in [-0.2, 0) is 14.4 Å². The van der Waals surface area contributed by atoms with Crippen molar-refractivity contribution >= 4 is 39.9 Å². The largest absolute Gasteiger partial charge is 0.507 e. The Kier molecular flexibility index (Phi) is 6.79. The second-order valence-corrected chi connectivity index (χ2v) is 8.23. The summed E-state index contributed by atoms with van der Waals surface area (Å²) >= 11 is 1.23. The average Bonchev–Trinajstić information content (AvgIpc) is 3.29. The van der Waals surface area contributed by atoms with E-state index >= 15 is 0 Å². The molecule has 1 aliphatic rings. The van der Waals surface area contributed by atoms with Crippen molar-refractivity contribution in [1.82, 2.24) is 10.2 Å². The van der Waals surface area contributed by atoms with Crippen molar-refractivity contribution in [3.8, 4) is 0 Å². The summed E-state index contributed by atoms with van der Waals surface area (Å²) in [5, 5.41) is 27.4. The van der Waals surface area contributed by atoms with Crippen molar-refractivity contribution in [3.05, 3.63) is 81.9 Å². The van der Waals surface area contributed by atoms with Crippen molar-refractivity contribution in [2.24, 2.45) is 0 Å². The molecule has 0 bridgehead atoms. The number of nitrogens with zero attached hydrogens (tertiary/aromatic N) is 3. The molecule has 32 heavy (non-hydrogen) atoms. The molecule has 2 N–H and O–H groups in total. The molecule has 1 fully saturated rings. The fourth-order valence-electron chi connectivity index (χ4n) is 3.23. The lowest BCUT2D eigenvalue weighted by atomic mass is 9.95. The number of carbonyl (C=O) groups is 3. The third-order valence-corrected chi connectivity index (χ3v) is 5.44. The number of carboxylic acid groups (broad SMARTS) is 1. The van der Waals surface area contributed by atoms with Crippen LogP contribution >= 0.6 is 11.3 Å². The first-order valence-corrected chi connectivity index (χ1v) is 10.4. The number of aryl methyl sites for hydroxylation is 2. The van der Waals surface area contributed by atoms with Crippen LogP contribution < -0.4 is 4.90 Å². The van der Waals surface area contributed by atoms with Crippen LogP contribution in [-0.4, -0.2) is 38.1 Å². The third-order valence-electron chi connectivity index (χ3n) is 4.61. The summed E-state index contributed by atoms with van der Waals surface area (Å²) in [6.45, 7) is 4.82. The Balaban J connectivity index is 0.000000668. The smallest absolute Gasteiger partial charge is 0.301 e. The van der Waals surface area contributed by atoms with E-state index in [1.807, 2.05) is 37.3 Å². The van der Waals surface area contributed by atoms with Crippen LogP contribution in [0, 0.1) is 13.8 Å². The van der Waals surface area contributed by atoms with Crippen molar-refractivity contribution in [2.45, 2.75) is 26.8 Å². The Bertz CT molecular complexity index is 1180. The van der Waals surface area contributed by atoms with Crippen LogP contribution in [0.25, 0.3) is 5.76 Å². The summed E-state index contributed by atoms with van der Waals surface area (Å²) in [6, 6.07) is 15.5. The maximum Gasteiger partial charge on any atom is 0.301 e. The van der Waals surface area contributed by atoms with E-state index in [0.29, 0.717) is 15.7 Å². The summed E-state index contributed by atoms with van der Waals surface area (Å²) in [5.74, 6) is -2.49. The van der Waals surface area contributed by atoms with Gasteiger partial charge in [-0.2, -0.15) is 0 Å². The number of aliphatic hydroxyl groups is 1. The van der Waals surface area contributed by atoms with Crippen LogP contribution in [0.3, 0.4) is 0 Å². The molecule has 9 heteroatoms. The number of aliphatic carboxylic acids is 1. The number of carbonyl (C=O) groups excluding carboxylic acids is 2. The molecule has 1 unspecified atom stereocenters. The highest BCUT2D eigenvalue weighted by Gasteiger charge is 2.48. The minimum absolute atomic E-state index is 0.0490. The van der Waals surface area contributed by atoms with Gasteiger partial charge in [0.15, 0.2) is 0 Å². The standard InChI is InChI=1S/C21H17N3O3S.C2H4O2/c1-12-8-10-14(11-9-12)17-16(18(25)15-6-4-3-5-7-15)19(26)20(27)24(17)21-23-22-13(2)28-21;1-2(3)4/h3-11,17,25H,1-2H3;1H3,(H,3,4)/b18-16+;. The summed E-state index contributed by atoms with van der Waals surface area (Å²) < 4.78 is 0. The van der Waals surface area contributed by atoms with Crippen molar-refractivity contribution in [1.29, 1.82) is 0 Å². The zero-order chi connectivity index (χ0) is 23.4. The van der Waals surface area contributed by atoms with Crippen LogP contribution in [0.5, 0.6) is 0 Å². The summed E-state index contributed by atoms with van der Waals surface area (Å²) in [6.07, 6.45) is 0. The fourth-order valence-corrected chi connectivity index (χ4v) is 3.94. The zero-order valence-electron chi connectivity index (χ0n) is 17.6. The maximum atomic E-state index is 12.9. The zero-order valence-corrected chi connectivity index (χ0v) is 18.5. The Morgan fingerprint density at radius 3 is 2.09 bits per heavy atom. The van der Waals surface area contributed by atoms with E-state index < -0.39 is 23.7 Å². The second-order valence-electron chi connectivity index (χ2n) is 7.07. The Hall–Kier alpha value is -3.85. The summed E-state index contributed by atoms with van der Waals surface area (Å²) in [4.78, 5) is 36.1. The highest BCUT2D eigenvalue weighted by molar-refractivity contribution is 7.15. The van der Waals surface area contributed by atoms with Crippen molar-refractivity contribution < 1.29 is 24.6 Å². The fraction of sp³-hybridized carbons (Fsp3) is 0.174. The maximum absolute atomic E-state index is 12.9. The topological polar surface area (TPSA) is 121 Å². The molecule has 0 saturated carbocycles. The normalized spacial score (nSPS) is 17.1. The number of benzene rings is 2. The molecular formula is C23H21N3O5S. The molecule has 1 saturated heterocycles. The van der Waals surface area contributed by atoms with Gasteiger partial charge in [0.05, 0.1) is 11.6 Å². The van der Waals surface area contributed by atoms with Crippen molar-refractivity contribution in [3.63, 3.8) is 0 Å². The number of anilines is 1. The molecule has 0 radical (unpaired) electrons. The molecule has 1 aliphatic heterocycles. The molecule has 1 amide bonds. The number of aromatic nitrogens is 2. The molecule has 8 nitrogen and oxygen atoms in total. The van der Waals surface area contributed by atoms with E-state index in [0.717, 1.165) is 18.1 Å². The number of carboxylic acids is 1. The molecule has 2 heterocycles. The monoisotopic (exact) mass is 451 g/mol. The molecule has 3 aromatic rings. The van der Waals surface area contributed by atoms with E-state index in [9.17, 15) is 14.7 Å². The van der Waals surface area contributed by atoms with E-state index in [1.54, 1.807) is 31.2 Å². The number of hydrogen-bond donors (Lipinski definition) is 2. The van der Waals surface area contributed by atoms with Gasteiger partial charge >= 0.3 is 5.91 Å². The van der Waals surface area contributed by atoms with E-state index in [4.69, 9.17) is 9.90 Å². The molecule has 4 rings (SSSR count). The number of amides is 1. The first-order valence-electron chi connectivity index (χ1n) is 9.63. The predicted molar refractivity (Wildman–Crippen MR) is 120 cm³/mol. The van der Waals surface area contributed by atoms with Gasteiger partial charge in [0.2, 0.25) is 5.13 Å². The highest BCUT2D eigenvalue weighted by atomic mass is 32.1. The summed E-state index contributed by atoms with van der Waals surface area (Å²) in [7, 11) is 0. The molecule has 2 aromatic carbocycles. The van der Waals surface area contributed by atoms with E-state index in [-0.39, 0.29) is 11.3 Å². The molecule has 164 valence electrons. The number of hydrogen-bond acceptors (Lipinski definition) is 7. The molecular weight excluding hydrogens is 430 g/mol. The van der Waals surface area contributed by atoms with Crippen LogP contribution in [0.1, 0.15) is 34.7 Å². The SMILES string of the molecule is CC(=O)O.Cc1ccc(C2/C(=C(\O)c3ccccc3)C(=O)C(=O)N2c2nnc(C)s2)cc1. The van der Waals surface area contributed by atoms with Crippen LogP contribution in [0.15, 0.2) is 60.2 Å². The quantitative estimate of drug-likeness (QED) is 0.352. The second kappa shape index (κ2) is 9.52. The molecule has 0 aliphatic carbocycles. The molecule has 1 aromatic heterocycles. The Morgan fingerprint density at radius 1 is 0.969 bits per heavy atom. The number of ketones is 1. The van der Waals surface area contributed by atoms with Crippen LogP contribution in [0.2, 0.25) is 0 Å². The number of Topliss-reactive ketones (excluding diaryl/α,β-unsaturated/α-hetero) is 1. The van der Waals surface area contributed by atoms with Gasteiger partial charge in [-0.05, 0) is 19.4 Å². The minimum Gasteiger partial charge on any atom is -0.507 e. The van der Waals surface area contributed by atoms with Crippen molar-refractivity contribution in [2.75, 3.05) is 4.90 Å². The van der Waals surface area contributed by atoms with Gasteiger partial charge in [-0.3, -0.25) is 19.3 Å². The van der Waals surface area contributed by atoms with Gasteiger partial charge < -0.3 is 10.2 Å². The average molecular weight is 452 g/mol. The van der Waals surface area contributed by atoms with E-state index in [1.165, 1.54) is 16.2 Å².